The number of carbonyl (C=O) groups excluding carboxylic acids is 2. The molecule has 1 amide bonds. The van der Waals surface area contributed by atoms with Gasteiger partial charge in [0.05, 0.1) is 19.6 Å². The first-order chi connectivity index (χ1) is 8.04. The van der Waals surface area contributed by atoms with Crippen LogP contribution in [0.4, 0.5) is 0 Å². The van der Waals surface area contributed by atoms with E-state index in [4.69, 9.17) is 4.74 Å². The maximum atomic E-state index is 11.4. The summed E-state index contributed by atoms with van der Waals surface area (Å²) >= 11 is 0. The topological polar surface area (TPSA) is 58.6 Å². The lowest BCUT2D eigenvalue weighted by Gasteiger charge is -2.27. The number of hydrogen-bond acceptors (Lipinski definition) is 4. The molecule has 0 unspecified atom stereocenters. The van der Waals surface area contributed by atoms with Gasteiger partial charge in [-0.1, -0.05) is 0 Å². The van der Waals surface area contributed by atoms with Gasteiger partial charge in [-0.15, -0.1) is 0 Å². The highest BCUT2D eigenvalue weighted by Crippen LogP contribution is 2.25. The molecule has 0 atom stereocenters. The van der Waals surface area contributed by atoms with Gasteiger partial charge in [-0.25, -0.2) is 0 Å². The number of likely N-dealkylation sites (N-methyl/N-ethyl adjacent to an activating group) is 1. The molecule has 0 aliphatic heterocycles. The number of carbonyl (C=O) groups is 2. The Bertz CT molecular complexity index is 271. The molecular weight excluding hydrogens is 220 g/mol. The Morgan fingerprint density at radius 1 is 1.24 bits per heavy atom. The molecule has 98 valence electrons. The molecule has 5 heteroatoms. The van der Waals surface area contributed by atoms with Crippen molar-refractivity contribution in [3.05, 3.63) is 0 Å². The molecule has 0 spiro atoms. The van der Waals surface area contributed by atoms with Crippen LogP contribution in [0, 0.1) is 5.92 Å². The van der Waals surface area contributed by atoms with Crippen LogP contribution in [-0.4, -0.2) is 50.6 Å². The lowest BCUT2D eigenvalue weighted by Crippen LogP contribution is -2.41. The number of amides is 1. The molecule has 17 heavy (non-hydrogen) atoms. The molecule has 0 aromatic carbocycles. The monoisotopic (exact) mass is 242 g/mol. The number of nitrogens with zero attached hydrogens (tertiary/aromatic N) is 1. The second kappa shape index (κ2) is 6.59. The Labute approximate surface area is 102 Å². The lowest BCUT2D eigenvalue weighted by atomic mass is 9.86. The maximum absolute atomic E-state index is 11.4. The molecule has 1 rings (SSSR count). The summed E-state index contributed by atoms with van der Waals surface area (Å²) < 4.78 is 4.73. The zero-order chi connectivity index (χ0) is 12.8. The van der Waals surface area contributed by atoms with E-state index in [9.17, 15) is 9.59 Å². The third kappa shape index (κ3) is 4.34. The van der Waals surface area contributed by atoms with E-state index in [1.807, 2.05) is 0 Å². The molecule has 0 aromatic heterocycles. The van der Waals surface area contributed by atoms with Crippen LogP contribution in [0.25, 0.3) is 0 Å². The lowest BCUT2D eigenvalue weighted by molar-refractivity contribution is -0.146. The van der Waals surface area contributed by atoms with E-state index in [0.29, 0.717) is 12.6 Å². The Morgan fingerprint density at radius 2 is 1.82 bits per heavy atom. The molecular formula is C12H22N2O3. The van der Waals surface area contributed by atoms with E-state index >= 15 is 0 Å². The molecule has 0 radical (unpaired) electrons. The molecule has 1 fully saturated rings. The van der Waals surface area contributed by atoms with Crippen LogP contribution in [0.15, 0.2) is 0 Å². The minimum absolute atomic E-state index is 0.0441. The minimum Gasteiger partial charge on any atom is -0.469 e. The number of nitrogens with one attached hydrogen (secondary N) is 1. The second-order valence-electron chi connectivity index (χ2n) is 4.74. The van der Waals surface area contributed by atoms with Crippen molar-refractivity contribution in [2.45, 2.75) is 31.7 Å². The highest BCUT2D eigenvalue weighted by atomic mass is 16.5. The third-order valence-corrected chi connectivity index (χ3v) is 3.30. The van der Waals surface area contributed by atoms with Gasteiger partial charge in [-0.05, 0) is 25.7 Å². The van der Waals surface area contributed by atoms with Crippen molar-refractivity contribution in [2.75, 3.05) is 27.7 Å². The fraction of sp³-hybridized carbons (Fsp3) is 0.833. The molecule has 1 N–H and O–H groups in total. The van der Waals surface area contributed by atoms with Gasteiger partial charge in [0.15, 0.2) is 0 Å². The molecule has 1 aliphatic carbocycles. The fourth-order valence-corrected chi connectivity index (χ4v) is 2.09. The van der Waals surface area contributed by atoms with Gasteiger partial charge in [0.1, 0.15) is 0 Å². The average molecular weight is 242 g/mol. The summed E-state index contributed by atoms with van der Waals surface area (Å²) in [6, 6.07) is 0.347. The average Bonchev–Trinajstić information content (AvgIpc) is 2.35. The van der Waals surface area contributed by atoms with Crippen LogP contribution in [0.5, 0.6) is 0 Å². The van der Waals surface area contributed by atoms with Gasteiger partial charge < -0.3 is 15.0 Å². The van der Waals surface area contributed by atoms with Gasteiger partial charge in [-0.3, -0.25) is 9.59 Å². The maximum Gasteiger partial charge on any atom is 0.308 e. The van der Waals surface area contributed by atoms with Gasteiger partial charge in [0, 0.05) is 20.1 Å². The number of hydrogen-bond donors (Lipinski definition) is 1. The number of ether oxygens (including phenoxy) is 1. The summed E-state index contributed by atoms with van der Waals surface area (Å²) in [4.78, 5) is 24.3. The van der Waals surface area contributed by atoms with E-state index in [1.165, 1.54) is 7.11 Å². The van der Waals surface area contributed by atoms with Gasteiger partial charge in [-0.2, -0.15) is 0 Å². The van der Waals surface area contributed by atoms with Crippen LogP contribution in [0.1, 0.15) is 25.7 Å². The summed E-state index contributed by atoms with van der Waals surface area (Å²) in [5, 5.41) is 3.24. The quantitative estimate of drug-likeness (QED) is 0.725. The normalized spacial score (nSPS) is 24.2. The van der Waals surface area contributed by atoms with Crippen LogP contribution in [0.2, 0.25) is 0 Å². The van der Waals surface area contributed by atoms with E-state index in [0.717, 1.165) is 25.7 Å². The van der Waals surface area contributed by atoms with Gasteiger partial charge in [0.25, 0.3) is 0 Å². The van der Waals surface area contributed by atoms with Crippen LogP contribution in [-0.2, 0) is 14.3 Å². The molecule has 0 heterocycles. The van der Waals surface area contributed by atoms with E-state index in [2.05, 4.69) is 5.32 Å². The first kappa shape index (κ1) is 14.0. The van der Waals surface area contributed by atoms with Crippen molar-refractivity contribution in [2.24, 2.45) is 5.92 Å². The highest BCUT2D eigenvalue weighted by molar-refractivity contribution is 5.77. The van der Waals surface area contributed by atoms with Gasteiger partial charge in [0.2, 0.25) is 5.91 Å². The predicted molar refractivity (Wildman–Crippen MR) is 64.5 cm³/mol. The predicted octanol–water partition coefficient (Wildman–Crippen LogP) is 0.396. The smallest absolute Gasteiger partial charge is 0.308 e. The minimum atomic E-state index is -0.104. The molecule has 0 bridgehead atoms. The summed E-state index contributed by atoms with van der Waals surface area (Å²) in [6.07, 6.45) is 3.56. The number of methoxy groups -OCH3 is 1. The third-order valence-electron chi connectivity index (χ3n) is 3.30. The van der Waals surface area contributed by atoms with Crippen LogP contribution < -0.4 is 5.32 Å². The van der Waals surface area contributed by atoms with Crippen LogP contribution >= 0.6 is 0 Å². The molecule has 0 saturated heterocycles. The zero-order valence-electron chi connectivity index (χ0n) is 10.9. The van der Waals surface area contributed by atoms with Crippen LogP contribution in [0.3, 0.4) is 0 Å². The van der Waals surface area contributed by atoms with E-state index in [-0.39, 0.29) is 17.8 Å². The largest absolute Gasteiger partial charge is 0.469 e. The highest BCUT2D eigenvalue weighted by Gasteiger charge is 2.26. The van der Waals surface area contributed by atoms with Crippen molar-refractivity contribution < 1.29 is 14.3 Å². The van der Waals surface area contributed by atoms with E-state index < -0.39 is 0 Å². The molecule has 5 nitrogen and oxygen atoms in total. The van der Waals surface area contributed by atoms with E-state index in [1.54, 1.807) is 19.0 Å². The summed E-state index contributed by atoms with van der Waals surface area (Å²) in [6.45, 7) is 0.376. The standard InChI is InChI=1S/C12H22N2O3/c1-14(2)11(15)8-13-10-6-4-9(5-7-10)12(16)17-3/h9-10,13H,4-8H2,1-3H3. The fourth-order valence-electron chi connectivity index (χ4n) is 2.09. The summed E-state index contributed by atoms with van der Waals surface area (Å²) in [5.41, 5.74) is 0. The van der Waals surface area contributed by atoms with Crippen molar-refractivity contribution in [1.29, 1.82) is 0 Å². The molecule has 0 aromatic rings. The Balaban J connectivity index is 2.23. The summed E-state index contributed by atoms with van der Waals surface area (Å²) in [5.74, 6) is 0.0236. The molecule has 1 saturated carbocycles. The summed E-state index contributed by atoms with van der Waals surface area (Å²) in [7, 11) is 4.93. The second-order valence-corrected chi connectivity index (χ2v) is 4.74. The van der Waals surface area contributed by atoms with Gasteiger partial charge >= 0.3 is 5.97 Å². The zero-order valence-corrected chi connectivity index (χ0v) is 10.9. The van der Waals surface area contributed by atoms with Crippen molar-refractivity contribution in [1.82, 2.24) is 10.2 Å². The Kier molecular flexibility index (Phi) is 5.41. The van der Waals surface area contributed by atoms with Crippen molar-refractivity contribution >= 4 is 11.9 Å². The number of rotatable bonds is 4. The SMILES string of the molecule is COC(=O)C1CCC(NCC(=O)N(C)C)CC1. The first-order valence-corrected chi connectivity index (χ1v) is 6.06. The molecule has 1 aliphatic rings. The first-order valence-electron chi connectivity index (χ1n) is 6.06. The Hall–Kier alpha value is -1.10. The van der Waals surface area contributed by atoms with Crippen molar-refractivity contribution in [3.63, 3.8) is 0 Å². The van der Waals surface area contributed by atoms with Crippen molar-refractivity contribution in [3.8, 4) is 0 Å². The Morgan fingerprint density at radius 3 is 2.29 bits per heavy atom. The number of esters is 1.